The third-order valence-corrected chi connectivity index (χ3v) is 2.85. The van der Waals surface area contributed by atoms with E-state index in [-0.39, 0.29) is 5.41 Å². The molecule has 0 saturated carbocycles. The van der Waals surface area contributed by atoms with Crippen molar-refractivity contribution in [3.63, 3.8) is 0 Å². The molecule has 0 fully saturated rings. The van der Waals surface area contributed by atoms with Crippen LogP contribution in [-0.2, 0) is 0 Å². The molecule has 0 aliphatic heterocycles. The van der Waals surface area contributed by atoms with Gasteiger partial charge in [-0.15, -0.1) is 0 Å². The van der Waals surface area contributed by atoms with Gasteiger partial charge in [0.1, 0.15) is 0 Å². The minimum Gasteiger partial charge on any atom is -0.293 e. The highest BCUT2D eigenvalue weighted by atomic mass is 14.7. The van der Waals surface area contributed by atoms with Gasteiger partial charge in [0.15, 0.2) is 0 Å². The minimum atomic E-state index is 0.256. The Morgan fingerprint density at radius 2 is 1.69 bits per heavy atom. The Labute approximate surface area is 83.0 Å². The average molecular weight is 181 g/mol. The zero-order chi connectivity index (χ0) is 10.5. The molecule has 1 nitrogen and oxygen atoms in total. The largest absolute Gasteiger partial charge is 0.293 e. The third-order valence-electron chi connectivity index (χ3n) is 2.85. The van der Waals surface area contributed by atoms with E-state index in [9.17, 15) is 0 Å². The molecule has 0 aromatic rings. The van der Waals surface area contributed by atoms with Gasteiger partial charge in [-0.25, -0.2) is 0 Å². The summed E-state index contributed by atoms with van der Waals surface area (Å²) in [5, 5.41) is 0. The number of rotatable bonds is 4. The van der Waals surface area contributed by atoms with Gasteiger partial charge in [-0.1, -0.05) is 26.3 Å². The topological polar surface area (TPSA) is 12.4 Å². The van der Waals surface area contributed by atoms with Crippen molar-refractivity contribution in [1.82, 2.24) is 0 Å². The highest BCUT2D eigenvalue weighted by Crippen LogP contribution is 2.28. The molecule has 13 heavy (non-hydrogen) atoms. The van der Waals surface area contributed by atoms with Crippen LogP contribution in [0.2, 0.25) is 0 Å². The van der Waals surface area contributed by atoms with Crippen molar-refractivity contribution in [2.75, 3.05) is 7.05 Å². The molecule has 0 saturated heterocycles. The predicted molar refractivity (Wildman–Crippen MR) is 61.5 cm³/mol. The number of allylic oxidation sites excluding steroid dienone is 2. The summed E-state index contributed by atoms with van der Waals surface area (Å²) in [6.45, 7) is 11.0. The van der Waals surface area contributed by atoms with Gasteiger partial charge in [-0.3, -0.25) is 4.99 Å². The maximum Gasteiger partial charge on any atom is 0.0402 e. The lowest BCUT2D eigenvalue weighted by Crippen LogP contribution is -2.24. The second-order valence-electron chi connectivity index (χ2n) is 4.10. The van der Waals surface area contributed by atoms with Crippen molar-refractivity contribution in [1.29, 1.82) is 0 Å². The molecule has 0 bridgehead atoms. The molecule has 0 radical (unpaired) electrons. The Balaban J connectivity index is 4.87. The van der Waals surface area contributed by atoms with Gasteiger partial charge in [0.05, 0.1) is 0 Å². The number of nitrogens with zero attached hydrogens (tertiary/aromatic N) is 1. The van der Waals surface area contributed by atoms with Crippen LogP contribution in [0.5, 0.6) is 0 Å². The summed E-state index contributed by atoms with van der Waals surface area (Å²) in [5.41, 5.74) is 2.82. The smallest absolute Gasteiger partial charge is 0.0402 e. The Hall–Kier alpha value is -0.590. The fraction of sp³-hybridized carbons (Fsp3) is 0.750. The lowest BCUT2D eigenvalue weighted by atomic mass is 9.79. The third kappa shape index (κ3) is 3.33. The van der Waals surface area contributed by atoms with Crippen LogP contribution in [0.15, 0.2) is 16.6 Å². The van der Waals surface area contributed by atoms with Gasteiger partial charge in [-0.05, 0) is 32.8 Å². The first kappa shape index (κ1) is 12.4. The Kier molecular flexibility index (Phi) is 4.97. The SMILES string of the molecule is CCC(C)(CC)C(C=C(C)C)=NC. The van der Waals surface area contributed by atoms with Crippen LogP contribution in [0.4, 0.5) is 0 Å². The molecule has 0 aromatic heterocycles. The molecule has 0 N–H and O–H groups in total. The molecule has 0 amide bonds. The van der Waals surface area contributed by atoms with Crippen LogP contribution >= 0.6 is 0 Å². The summed E-state index contributed by atoms with van der Waals surface area (Å²) in [4.78, 5) is 4.38. The van der Waals surface area contributed by atoms with Gasteiger partial charge in [0.25, 0.3) is 0 Å². The van der Waals surface area contributed by atoms with E-state index in [1.54, 1.807) is 0 Å². The van der Waals surface area contributed by atoms with Crippen molar-refractivity contribution >= 4 is 5.71 Å². The molecule has 0 rings (SSSR count). The first-order chi connectivity index (χ1) is 6.00. The number of hydrogen-bond acceptors (Lipinski definition) is 1. The summed E-state index contributed by atoms with van der Waals surface area (Å²) in [6, 6.07) is 0. The van der Waals surface area contributed by atoms with E-state index in [0.29, 0.717) is 0 Å². The number of aliphatic imine (C=N–C) groups is 1. The molecular formula is C12H23N. The van der Waals surface area contributed by atoms with E-state index in [1.165, 1.54) is 11.3 Å². The highest BCUT2D eigenvalue weighted by molar-refractivity contribution is 5.99. The van der Waals surface area contributed by atoms with E-state index in [1.807, 2.05) is 7.05 Å². The quantitative estimate of drug-likeness (QED) is 0.584. The van der Waals surface area contributed by atoms with Crippen molar-refractivity contribution in [2.45, 2.75) is 47.5 Å². The minimum absolute atomic E-state index is 0.256. The molecular weight excluding hydrogens is 158 g/mol. The average Bonchev–Trinajstić information content (AvgIpc) is 2.12. The first-order valence-corrected chi connectivity index (χ1v) is 5.12. The highest BCUT2D eigenvalue weighted by Gasteiger charge is 2.24. The molecule has 0 spiro atoms. The van der Waals surface area contributed by atoms with Gasteiger partial charge in [0, 0.05) is 18.2 Å². The predicted octanol–water partition coefficient (Wildman–Crippen LogP) is 3.85. The van der Waals surface area contributed by atoms with Gasteiger partial charge in [0.2, 0.25) is 0 Å². The molecule has 0 aliphatic carbocycles. The standard InChI is InChI=1S/C12H23N/c1-7-12(5,8-2)11(13-6)9-10(3)4/h9H,7-8H2,1-6H3. The maximum atomic E-state index is 4.38. The maximum absolute atomic E-state index is 4.38. The molecule has 0 atom stereocenters. The van der Waals surface area contributed by atoms with Crippen molar-refractivity contribution in [3.05, 3.63) is 11.6 Å². The van der Waals surface area contributed by atoms with Crippen LogP contribution in [0.3, 0.4) is 0 Å². The summed E-state index contributed by atoms with van der Waals surface area (Å²) < 4.78 is 0. The normalized spacial score (nSPS) is 12.9. The molecule has 0 heterocycles. The fourth-order valence-corrected chi connectivity index (χ4v) is 1.39. The monoisotopic (exact) mass is 181 g/mol. The molecule has 0 aliphatic rings. The second kappa shape index (κ2) is 5.21. The van der Waals surface area contributed by atoms with Crippen molar-refractivity contribution in [3.8, 4) is 0 Å². The first-order valence-electron chi connectivity index (χ1n) is 5.12. The zero-order valence-corrected chi connectivity index (χ0v) is 9.94. The Morgan fingerprint density at radius 3 is 1.92 bits per heavy atom. The van der Waals surface area contributed by atoms with E-state index >= 15 is 0 Å². The lowest BCUT2D eigenvalue weighted by molar-refractivity contribution is 0.434. The van der Waals surface area contributed by atoms with Crippen LogP contribution in [0, 0.1) is 5.41 Å². The van der Waals surface area contributed by atoms with E-state index in [4.69, 9.17) is 0 Å². The van der Waals surface area contributed by atoms with Crippen LogP contribution in [-0.4, -0.2) is 12.8 Å². The van der Waals surface area contributed by atoms with E-state index < -0.39 is 0 Å². The Bertz CT molecular complexity index is 203. The van der Waals surface area contributed by atoms with Crippen molar-refractivity contribution < 1.29 is 0 Å². The van der Waals surface area contributed by atoms with Crippen LogP contribution in [0.25, 0.3) is 0 Å². The summed E-state index contributed by atoms with van der Waals surface area (Å²) in [6.07, 6.45) is 4.51. The summed E-state index contributed by atoms with van der Waals surface area (Å²) in [7, 11) is 1.89. The zero-order valence-electron chi connectivity index (χ0n) is 9.94. The van der Waals surface area contributed by atoms with Gasteiger partial charge >= 0.3 is 0 Å². The van der Waals surface area contributed by atoms with Gasteiger partial charge < -0.3 is 0 Å². The summed E-state index contributed by atoms with van der Waals surface area (Å²) in [5.74, 6) is 0. The Morgan fingerprint density at radius 1 is 1.23 bits per heavy atom. The van der Waals surface area contributed by atoms with Crippen molar-refractivity contribution in [2.24, 2.45) is 10.4 Å². The molecule has 1 heteroatoms. The molecule has 0 aromatic carbocycles. The van der Waals surface area contributed by atoms with Crippen LogP contribution < -0.4 is 0 Å². The van der Waals surface area contributed by atoms with E-state index in [0.717, 1.165) is 12.8 Å². The molecule has 0 unspecified atom stereocenters. The van der Waals surface area contributed by atoms with Crippen LogP contribution in [0.1, 0.15) is 47.5 Å². The van der Waals surface area contributed by atoms with Gasteiger partial charge in [-0.2, -0.15) is 0 Å². The van der Waals surface area contributed by atoms with E-state index in [2.05, 4.69) is 45.7 Å². The lowest BCUT2D eigenvalue weighted by Gasteiger charge is -2.27. The molecule has 76 valence electrons. The summed E-state index contributed by atoms with van der Waals surface area (Å²) >= 11 is 0. The fourth-order valence-electron chi connectivity index (χ4n) is 1.39. The number of hydrogen-bond donors (Lipinski definition) is 0. The second-order valence-corrected chi connectivity index (χ2v) is 4.10.